The SMILES string of the molecule is CCn1nccc1COc1ccccc1C[C@@H](Oc1ncnc2sc(-c3ccc(F)o3)c(-c3ccc(OCCN4CCN(C)CC4)c(Cl)c3C)c12)C(=O)O.CCn1nccc1COc1ccccc1C[C@@H](Oc1ncnc2sc(-c3ccc(F)o3)c(-c3ccc(OCCN4CCN(C)CC4)c(Cl)c3C)c12)C(C)=O.II. The van der Waals surface area contributed by atoms with E-state index >= 15 is 0 Å². The number of ether oxygens (including phenoxy) is 6. The second-order valence-electron chi connectivity index (χ2n) is 26.3. The van der Waals surface area contributed by atoms with E-state index in [1.807, 2.05) is 104 Å². The highest BCUT2D eigenvalue weighted by molar-refractivity contribution is 15.0. The van der Waals surface area contributed by atoms with Gasteiger partial charge in [-0.15, -0.1) is 22.7 Å². The van der Waals surface area contributed by atoms with Crippen molar-refractivity contribution in [2.75, 3.05) is 92.8 Å². The van der Waals surface area contributed by atoms with E-state index in [9.17, 15) is 23.5 Å². The first-order valence-electron chi connectivity index (χ1n) is 35.8. The number of benzene rings is 4. The molecule has 2 atom stereocenters. The van der Waals surface area contributed by atoms with Crippen molar-refractivity contribution in [3.05, 3.63) is 190 Å². The fourth-order valence-corrected chi connectivity index (χ4v) is 15.8. The van der Waals surface area contributed by atoms with Gasteiger partial charge < -0.3 is 52.2 Å². The van der Waals surface area contributed by atoms with Crippen LogP contribution in [0.1, 0.15) is 54.4 Å². The Morgan fingerprint density at radius 1 is 0.555 bits per heavy atom. The van der Waals surface area contributed by atoms with Gasteiger partial charge in [0.2, 0.25) is 17.9 Å². The van der Waals surface area contributed by atoms with Gasteiger partial charge in [-0.25, -0.2) is 24.7 Å². The van der Waals surface area contributed by atoms with Crippen LogP contribution >= 0.6 is 83.1 Å². The molecule has 2 aliphatic heterocycles. The van der Waals surface area contributed by atoms with Crippen molar-refractivity contribution in [2.45, 2.75) is 86.0 Å². The van der Waals surface area contributed by atoms with Gasteiger partial charge in [0, 0.05) is 164 Å². The Labute approximate surface area is 676 Å². The fourth-order valence-electron chi connectivity index (χ4n) is 13.1. The fraction of sp³-hybridized carbons (Fsp3) is 0.342. The zero-order valence-corrected chi connectivity index (χ0v) is 69.0. The van der Waals surface area contributed by atoms with Gasteiger partial charge in [-0.3, -0.25) is 24.0 Å². The number of nitrogens with zero attached hydrogens (tertiary/aromatic N) is 12. The number of para-hydroxylation sites is 2. The lowest BCUT2D eigenvalue weighted by Gasteiger charge is -2.32. The van der Waals surface area contributed by atoms with Crippen LogP contribution in [-0.4, -0.2) is 181 Å². The van der Waals surface area contributed by atoms with Crippen LogP contribution in [0.2, 0.25) is 10.0 Å². The highest BCUT2D eigenvalue weighted by Gasteiger charge is 2.32. The largest absolute Gasteiger partial charge is 0.491 e. The van der Waals surface area contributed by atoms with E-state index in [1.165, 1.54) is 60.5 Å². The summed E-state index contributed by atoms with van der Waals surface area (Å²) in [6.45, 7) is 21.9. The number of carbonyl (C=O) groups is 2. The van der Waals surface area contributed by atoms with Gasteiger partial charge in [0.15, 0.2) is 11.9 Å². The molecule has 8 aromatic heterocycles. The Hall–Kier alpha value is -8.38. The van der Waals surface area contributed by atoms with Crippen molar-refractivity contribution >= 4 is 115 Å². The summed E-state index contributed by atoms with van der Waals surface area (Å²) in [5.74, 6) is 1.73. The molecule has 0 saturated carbocycles. The van der Waals surface area contributed by atoms with Crippen molar-refractivity contribution in [3.63, 3.8) is 0 Å². The summed E-state index contributed by atoms with van der Waals surface area (Å²) in [4.78, 5) is 55.7. The third-order valence-electron chi connectivity index (χ3n) is 19.2. The molecule has 0 bridgehead atoms. The van der Waals surface area contributed by atoms with Crippen molar-refractivity contribution in [2.24, 2.45) is 0 Å². The molecule has 23 nitrogen and oxygen atoms in total. The Morgan fingerprint density at radius 3 is 1.37 bits per heavy atom. The lowest BCUT2D eigenvalue weighted by atomic mass is 9.97. The molecule has 2 saturated heterocycles. The normalized spacial score (nSPS) is 14.2. The third-order valence-corrected chi connectivity index (χ3v) is 22.4. The van der Waals surface area contributed by atoms with Crippen LogP contribution in [-0.2, 0) is 48.7 Å². The number of ketones is 1. The van der Waals surface area contributed by atoms with Gasteiger partial charge in [-0.2, -0.15) is 19.0 Å². The Morgan fingerprint density at radius 2 is 0.973 bits per heavy atom. The first-order valence-corrected chi connectivity index (χ1v) is 44.4. The van der Waals surface area contributed by atoms with Crippen molar-refractivity contribution in [3.8, 4) is 78.3 Å². The topological polar surface area (TPSA) is 236 Å². The van der Waals surface area contributed by atoms with Gasteiger partial charge in [0.25, 0.3) is 12.0 Å². The van der Waals surface area contributed by atoms with Gasteiger partial charge in [0.05, 0.1) is 42.0 Å². The predicted octanol–water partition coefficient (Wildman–Crippen LogP) is 16.7. The number of hydrogen-bond acceptors (Lipinski definition) is 22. The summed E-state index contributed by atoms with van der Waals surface area (Å²) >= 11 is 20.8. The Kier molecular flexibility index (Phi) is 28.2. The number of carboxylic acids is 1. The number of hydrogen-bond donors (Lipinski definition) is 1. The molecule has 2 fully saturated rings. The van der Waals surface area contributed by atoms with E-state index in [2.05, 4.69) is 101 Å². The predicted molar refractivity (Wildman–Crippen MR) is 439 cm³/mol. The van der Waals surface area contributed by atoms with Crippen LogP contribution in [0.4, 0.5) is 8.78 Å². The molecule has 1 N–H and O–H groups in total. The number of rotatable bonds is 30. The number of carbonyl (C=O) groups excluding carboxylic acids is 1. The molecule has 110 heavy (non-hydrogen) atoms. The van der Waals surface area contributed by atoms with E-state index in [0.29, 0.717) is 123 Å². The average Bonchev–Trinajstić information content (AvgIpc) is 1.59. The molecule has 0 amide bonds. The van der Waals surface area contributed by atoms with Crippen molar-refractivity contribution in [1.82, 2.24) is 59.1 Å². The average molecular weight is 1800 g/mol. The smallest absolute Gasteiger partial charge is 0.345 e. The van der Waals surface area contributed by atoms with Crippen LogP contribution in [0, 0.1) is 25.9 Å². The number of Topliss-reactive ketones (excluding diaryl/α,β-unsaturated/α-hetero) is 1. The van der Waals surface area contributed by atoms with Crippen LogP contribution in [0.3, 0.4) is 0 Å². The molecular formula is C79H82Cl2F2I2N12O11S2. The lowest BCUT2D eigenvalue weighted by molar-refractivity contribution is -0.145. The number of likely N-dealkylation sites (N-methyl/N-ethyl adjacent to an activating group) is 2. The minimum atomic E-state index is -1.35. The van der Waals surface area contributed by atoms with Crippen molar-refractivity contribution < 1.29 is 60.7 Å². The van der Waals surface area contributed by atoms with Crippen LogP contribution in [0.25, 0.3) is 64.0 Å². The number of aromatic nitrogens is 8. The van der Waals surface area contributed by atoms with E-state index in [1.54, 1.807) is 36.7 Å². The maximum absolute atomic E-state index is 14.3. The van der Waals surface area contributed by atoms with Gasteiger partial charge in [0.1, 0.15) is 83.3 Å². The first-order chi connectivity index (χ1) is 53.4. The lowest BCUT2D eigenvalue weighted by Crippen LogP contribution is -2.45. The van der Waals surface area contributed by atoms with E-state index in [0.717, 1.165) is 100 Å². The van der Waals surface area contributed by atoms with Crippen LogP contribution < -0.4 is 28.4 Å². The summed E-state index contributed by atoms with van der Waals surface area (Å²) in [5.41, 5.74) is 7.36. The molecule has 12 aromatic rings. The van der Waals surface area contributed by atoms with Crippen LogP contribution in [0.15, 0.2) is 143 Å². The first kappa shape index (κ1) is 81.1. The molecule has 4 aromatic carbocycles. The molecular weight excluding hydrogens is 1720 g/mol. The number of thiophene rings is 2. The minimum Gasteiger partial charge on any atom is -0.491 e. The summed E-state index contributed by atoms with van der Waals surface area (Å²) in [6, 6.07) is 30.2. The zero-order chi connectivity index (χ0) is 77.5. The van der Waals surface area contributed by atoms with Gasteiger partial charge >= 0.3 is 5.97 Å². The number of halogens is 6. The third kappa shape index (κ3) is 19.4. The quantitative estimate of drug-likeness (QED) is 0.0412. The summed E-state index contributed by atoms with van der Waals surface area (Å²) < 4.78 is 80.8. The second-order valence-corrected chi connectivity index (χ2v) is 29.0. The number of aryl methyl sites for hydroxylation is 2. The summed E-state index contributed by atoms with van der Waals surface area (Å²) in [5, 5.41) is 20.9. The van der Waals surface area contributed by atoms with Crippen molar-refractivity contribution in [1.29, 1.82) is 0 Å². The standard InChI is InChI=1S/C40H42ClFN6O5S.C39H40ClFN6O6S.I2/c1-5-48-28(14-15-45-48)23-51-30-9-7-6-8-27(30)22-33(26(3)49)53-39-36-35(38(32-12-13-34(42)52-32)54-40(36)44-24-43-39)29-10-11-31(37(41)25(29)2)50-21-20-47-18-16-46(4)17-19-47;1-4-47-26(13-14-44-47)22-51-28-8-6-5-7-25(28)21-31(39(48)49)53-37-34-33(36(30-11-12-32(41)52-30)54-38(34)43-23-42-37)27-9-10-29(35(40)24(27)2)50-20-19-46-17-15-45(3)16-18-46;1-2/h6-15,24,33H,5,16-23H2,1-4H3;5-14,23,31H,4,15-22H2,1-3H3,(H,48,49);/t33-;31-;/m11./s1. The minimum absolute atomic E-state index is 0.0230. The molecule has 0 aliphatic carbocycles. The molecule has 2 aliphatic rings. The molecule has 0 radical (unpaired) electrons. The highest BCUT2D eigenvalue weighted by Crippen LogP contribution is 2.52. The van der Waals surface area contributed by atoms with Crippen LogP contribution in [0.5, 0.6) is 34.8 Å². The highest BCUT2D eigenvalue weighted by atomic mass is 128. The molecule has 0 unspecified atom stereocenters. The molecule has 14 rings (SSSR count). The monoisotopic (exact) mass is 1800 g/mol. The molecule has 578 valence electrons. The zero-order valence-electron chi connectivity index (χ0n) is 61.6. The Bertz CT molecular complexity index is 4820. The maximum Gasteiger partial charge on any atom is 0.345 e. The summed E-state index contributed by atoms with van der Waals surface area (Å²) in [7, 11) is 4.26. The number of piperazine rings is 2. The number of aliphatic carboxylic acids is 1. The van der Waals surface area contributed by atoms with E-state index in [4.69, 9.17) is 60.5 Å². The number of furan rings is 2. The van der Waals surface area contributed by atoms with E-state index < -0.39 is 30.2 Å². The maximum atomic E-state index is 14.3. The Balaban J connectivity index is 0.000000200. The molecule has 31 heteroatoms. The van der Waals surface area contributed by atoms with Gasteiger partial charge in [-0.1, -0.05) is 71.7 Å². The number of fused-ring (bicyclic) bond motifs is 2. The van der Waals surface area contributed by atoms with E-state index in [-0.39, 0.29) is 42.8 Å². The molecule has 0 spiro atoms. The number of carboxylic acid groups (broad SMARTS) is 1. The summed E-state index contributed by atoms with van der Waals surface area (Å²) in [6.07, 6.45) is 4.11. The second kappa shape index (κ2) is 38.2. The van der Waals surface area contributed by atoms with Gasteiger partial charge in [-0.05, 0) is 131 Å². The molecule has 10 heterocycles.